The summed E-state index contributed by atoms with van der Waals surface area (Å²) in [7, 11) is -0.638. The first-order chi connectivity index (χ1) is 11.3. The number of nitrogens with zero attached hydrogens (tertiary/aromatic N) is 1. The smallest absolute Gasteiger partial charge is 0.262 e. The third-order valence-corrected chi connectivity index (χ3v) is 5.79. The van der Waals surface area contributed by atoms with E-state index >= 15 is 0 Å². The number of nitrogens with one attached hydrogen (secondary N) is 1. The monoisotopic (exact) mass is 460 g/mol. The van der Waals surface area contributed by atoms with E-state index in [0.717, 1.165) is 7.88 Å². The van der Waals surface area contributed by atoms with Gasteiger partial charge in [-0.3, -0.25) is 4.79 Å². The van der Waals surface area contributed by atoms with Crippen LogP contribution in [0.25, 0.3) is 0 Å². The highest BCUT2D eigenvalue weighted by Crippen LogP contribution is 2.20. The summed E-state index contributed by atoms with van der Waals surface area (Å²) >= 11 is 2.12. The van der Waals surface area contributed by atoms with E-state index in [2.05, 4.69) is 27.9 Å². The number of rotatable bonds is 6. The van der Waals surface area contributed by atoms with E-state index in [9.17, 15) is 13.2 Å². The number of para-hydroxylation sites is 1. The summed E-state index contributed by atoms with van der Waals surface area (Å²) in [4.78, 5) is 12.1. The zero-order valence-corrected chi connectivity index (χ0v) is 16.2. The van der Waals surface area contributed by atoms with Crippen molar-refractivity contribution >= 4 is 44.2 Å². The van der Waals surface area contributed by atoms with Gasteiger partial charge in [0.2, 0.25) is 10.0 Å². The second-order valence-electron chi connectivity index (χ2n) is 5.08. The minimum absolute atomic E-state index is 0.115. The first kappa shape index (κ1) is 18.7. The summed E-state index contributed by atoms with van der Waals surface area (Å²) < 4.78 is 31.7. The van der Waals surface area contributed by atoms with Crippen molar-refractivity contribution in [2.24, 2.45) is 0 Å². The molecule has 1 amide bonds. The molecule has 0 atom stereocenters. The molecule has 0 aliphatic carbocycles. The zero-order chi connectivity index (χ0) is 17.7. The molecule has 0 saturated heterocycles. The van der Waals surface area contributed by atoms with Crippen molar-refractivity contribution in [3.05, 3.63) is 52.1 Å². The molecule has 0 unspecified atom stereocenters. The van der Waals surface area contributed by atoms with Gasteiger partial charge in [0, 0.05) is 19.8 Å². The topological polar surface area (TPSA) is 75.7 Å². The van der Waals surface area contributed by atoms with Crippen molar-refractivity contribution in [2.75, 3.05) is 26.0 Å². The third kappa shape index (κ3) is 4.68. The van der Waals surface area contributed by atoms with E-state index in [1.54, 1.807) is 18.2 Å². The molecule has 0 aromatic heterocycles. The van der Waals surface area contributed by atoms with Crippen LogP contribution in [0.4, 0.5) is 5.69 Å². The normalized spacial score (nSPS) is 11.3. The summed E-state index contributed by atoms with van der Waals surface area (Å²) in [6.45, 7) is -0.162. The summed E-state index contributed by atoms with van der Waals surface area (Å²) in [6.07, 6.45) is 0. The van der Waals surface area contributed by atoms with Gasteiger partial charge in [0.1, 0.15) is 5.75 Å². The zero-order valence-electron chi connectivity index (χ0n) is 13.2. The van der Waals surface area contributed by atoms with Gasteiger partial charge < -0.3 is 10.1 Å². The highest BCUT2D eigenvalue weighted by Gasteiger charge is 2.17. The van der Waals surface area contributed by atoms with Gasteiger partial charge >= 0.3 is 0 Å². The molecule has 0 bridgehead atoms. The maximum Gasteiger partial charge on any atom is 0.262 e. The molecule has 0 fully saturated rings. The number of ether oxygens (including phenoxy) is 1. The predicted octanol–water partition coefficient (Wildman–Crippen LogP) is 2.56. The lowest BCUT2D eigenvalue weighted by atomic mass is 10.3. The Labute approximate surface area is 155 Å². The second kappa shape index (κ2) is 7.95. The van der Waals surface area contributed by atoms with Crippen LogP contribution in [0.5, 0.6) is 5.75 Å². The minimum Gasteiger partial charge on any atom is -0.483 e. The molecular formula is C16H17IN2O4S. The van der Waals surface area contributed by atoms with Crippen molar-refractivity contribution in [3.8, 4) is 5.75 Å². The number of amides is 1. The number of carbonyl (C=O) groups excluding carboxylic acids is 1. The SMILES string of the molecule is CN(C)S(=O)(=O)c1cccc(NC(=O)COc2ccccc2I)c1. The van der Waals surface area contributed by atoms with Gasteiger partial charge in [-0.1, -0.05) is 18.2 Å². The highest BCUT2D eigenvalue weighted by atomic mass is 127. The van der Waals surface area contributed by atoms with Crippen LogP contribution in [0.3, 0.4) is 0 Å². The van der Waals surface area contributed by atoms with Crippen molar-refractivity contribution < 1.29 is 17.9 Å². The van der Waals surface area contributed by atoms with Crippen molar-refractivity contribution in [1.82, 2.24) is 4.31 Å². The largest absolute Gasteiger partial charge is 0.483 e. The average molecular weight is 460 g/mol. The molecule has 2 aromatic carbocycles. The van der Waals surface area contributed by atoms with E-state index in [1.807, 2.05) is 18.2 Å². The minimum atomic E-state index is -3.55. The fourth-order valence-electron chi connectivity index (χ4n) is 1.85. The standard InChI is InChI=1S/C16H17IN2O4S/c1-19(2)24(21,22)13-7-5-6-12(10-13)18-16(20)11-23-15-9-4-3-8-14(15)17/h3-10H,11H2,1-2H3,(H,18,20). The number of hydrogen-bond donors (Lipinski definition) is 1. The molecule has 1 N–H and O–H groups in total. The Bertz CT molecular complexity index is 837. The molecule has 24 heavy (non-hydrogen) atoms. The van der Waals surface area contributed by atoms with E-state index in [1.165, 1.54) is 26.2 Å². The Morgan fingerprint density at radius 2 is 1.88 bits per heavy atom. The van der Waals surface area contributed by atoms with Crippen LogP contribution >= 0.6 is 22.6 Å². The fourth-order valence-corrected chi connectivity index (χ4v) is 3.34. The van der Waals surface area contributed by atoms with E-state index < -0.39 is 10.0 Å². The molecule has 6 nitrogen and oxygen atoms in total. The number of halogens is 1. The van der Waals surface area contributed by atoms with Crippen LogP contribution in [0.15, 0.2) is 53.4 Å². The lowest BCUT2D eigenvalue weighted by Crippen LogP contribution is -2.23. The molecule has 0 radical (unpaired) electrons. The van der Waals surface area contributed by atoms with Crippen LogP contribution in [-0.2, 0) is 14.8 Å². The molecular weight excluding hydrogens is 443 g/mol. The van der Waals surface area contributed by atoms with Gasteiger partial charge in [-0.2, -0.15) is 0 Å². The Hall–Kier alpha value is -1.65. The van der Waals surface area contributed by atoms with Gasteiger partial charge in [-0.15, -0.1) is 0 Å². The van der Waals surface area contributed by atoms with Gasteiger partial charge in [0.25, 0.3) is 5.91 Å². The Morgan fingerprint density at radius 3 is 2.54 bits per heavy atom. The predicted molar refractivity (Wildman–Crippen MR) is 101 cm³/mol. The summed E-state index contributed by atoms with van der Waals surface area (Å²) in [5.74, 6) is 0.256. The molecule has 2 rings (SSSR count). The van der Waals surface area contributed by atoms with Gasteiger partial charge in [0.15, 0.2) is 6.61 Å². The number of sulfonamides is 1. The van der Waals surface area contributed by atoms with Gasteiger partial charge in [-0.25, -0.2) is 12.7 Å². The van der Waals surface area contributed by atoms with Crippen molar-refractivity contribution in [2.45, 2.75) is 4.90 Å². The van der Waals surface area contributed by atoms with Crippen molar-refractivity contribution in [1.29, 1.82) is 0 Å². The van der Waals surface area contributed by atoms with Crippen LogP contribution in [0.2, 0.25) is 0 Å². The quantitative estimate of drug-likeness (QED) is 0.673. The molecule has 0 spiro atoms. The molecule has 2 aromatic rings. The maximum absolute atomic E-state index is 12.1. The van der Waals surface area contributed by atoms with E-state index in [4.69, 9.17) is 4.74 Å². The van der Waals surface area contributed by atoms with Gasteiger partial charge in [-0.05, 0) is 52.9 Å². The molecule has 0 aliphatic rings. The van der Waals surface area contributed by atoms with Gasteiger partial charge in [0.05, 0.1) is 8.47 Å². The lowest BCUT2D eigenvalue weighted by molar-refractivity contribution is -0.118. The van der Waals surface area contributed by atoms with Crippen LogP contribution in [-0.4, -0.2) is 39.3 Å². The molecule has 128 valence electrons. The first-order valence-corrected chi connectivity index (χ1v) is 9.52. The Balaban J connectivity index is 2.04. The summed E-state index contributed by atoms with van der Waals surface area (Å²) in [5, 5.41) is 2.63. The lowest BCUT2D eigenvalue weighted by Gasteiger charge is -2.13. The second-order valence-corrected chi connectivity index (χ2v) is 8.40. The molecule has 8 heteroatoms. The Kier molecular flexibility index (Phi) is 6.19. The number of carbonyl (C=O) groups is 1. The van der Waals surface area contributed by atoms with Crippen LogP contribution in [0, 0.1) is 3.57 Å². The van der Waals surface area contributed by atoms with Crippen molar-refractivity contribution in [3.63, 3.8) is 0 Å². The van der Waals surface area contributed by atoms with Crippen LogP contribution < -0.4 is 10.1 Å². The summed E-state index contributed by atoms with van der Waals surface area (Å²) in [5.41, 5.74) is 0.397. The number of benzene rings is 2. The summed E-state index contributed by atoms with van der Waals surface area (Å²) in [6, 6.07) is 13.5. The number of hydrogen-bond acceptors (Lipinski definition) is 4. The Morgan fingerprint density at radius 1 is 1.17 bits per heavy atom. The average Bonchev–Trinajstić information content (AvgIpc) is 2.54. The third-order valence-electron chi connectivity index (χ3n) is 3.09. The van der Waals surface area contributed by atoms with Crippen LogP contribution in [0.1, 0.15) is 0 Å². The maximum atomic E-state index is 12.1. The van der Waals surface area contributed by atoms with E-state index in [-0.39, 0.29) is 17.4 Å². The number of anilines is 1. The molecule has 0 aliphatic heterocycles. The molecule has 0 heterocycles. The first-order valence-electron chi connectivity index (χ1n) is 7.00. The highest BCUT2D eigenvalue weighted by molar-refractivity contribution is 14.1. The fraction of sp³-hybridized carbons (Fsp3) is 0.188. The molecule has 0 saturated carbocycles. The van der Waals surface area contributed by atoms with E-state index in [0.29, 0.717) is 11.4 Å².